The smallest absolute Gasteiger partial charge is 0.249 e. The molecule has 0 radical (unpaired) electrons. The van der Waals surface area contributed by atoms with Gasteiger partial charge < -0.3 is 9.84 Å². The zero-order valence-corrected chi connectivity index (χ0v) is 16.4. The first-order valence-electron chi connectivity index (χ1n) is 8.76. The van der Waals surface area contributed by atoms with Gasteiger partial charge >= 0.3 is 0 Å². The molecule has 1 unspecified atom stereocenters. The number of aromatic nitrogens is 5. The second-order valence-corrected chi connectivity index (χ2v) is 7.63. The number of thiophene rings is 1. The average molecular weight is 380 g/mol. The summed E-state index contributed by atoms with van der Waals surface area (Å²) in [6.45, 7) is 8.19. The van der Waals surface area contributed by atoms with Crippen LogP contribution < -0.4 is 5.32 Å². The lowest BCUT2D eigenvalue weighted by molar-refractivity contribution is 0.335. The maximum atomic E-state index is 5.58. The number of rotatable bonds is 5. The molecule has 0 saturated carbocycles. The fraction of sp³-hybridized carbons (Fsp3) is 0.316. The third kappa shape index (κ3) is 3.40. The van der Waals surface area contributed by atoms with E-state index in [0.717, 1.165) is 33.0 Å². The number of nitrogens with one attached hydrogen (secondary N) is 1. The van der Waals surface area contributed by atoms with Gasteiger partial charge in [0.2, 0.25) is 11.7 Å². The van der Waals surface area contributed by atoms with Crippen molar-refractivity contribution in [1.29, 1.82) is 0 Å². The van der Waals surface area contributed by atoms with Gasteiger partial charge in [-0.2, -0.15) is 4.98 Å². The van der Waals surface area contributed by atoms with Crippen molar-refractivity contribution in [2.75, 3.05) is 5.32 Å². The second kappa shape index (κ2) is 7.03. The fourth-order valence-corrected chi connectivity index (χ4v) is 3.90. The quantitative estimate of drug-likeness (QED) is 0.543. The van der Waals surface area contributed by atoms with Gasteiger partial charge in [0.05, 0.1) is 5.39 Å². The van der Waals surface area contributed by atoms with Crippen molar-refractivity contribution in [3.8, 4) is 11.4 Å². The highest BCUT2D eigenvalue weighted by Crippen LogP contribution is 2.33. The molecule has 1 atom stereocenters. The monoisotopic (exact) mass is 380 g/mol. The van der Waals surface area contributed by atoms with Crippen LogP contribution in [-0.2, 0) is 0 Å². The number of fused-ring (bicyclic) bond motifs is 1. The number of anilines is 1. The van der Waals surface area contributed by atoms with E-state index < -0.39 is 0 Å². The van der Waals surface area contributed by atoms with Crippen molar-refractivity contribution in [2.24, 2.45) is 5.92 Å². The van der Waals surface area contributed by atoms with E-state index in [1.54, 1.807) is 23.7 Å². The van der Waals surface area contributed by atoms with E-state index in [4.69, 9.17) is 4.52 Å². The molecule has 0 saturated heterocycles. The van der Waals surface area contributed by atoms with Crippen LogP contribution >= 0.6 is 11.3 Å². The van der Waals surface area contributed by atoms with Gasteiger partial charge in [0, 0.05) is 18.0 Å². The van der Waals surface area contributed by atoms with Crippen molar-refractivity contribution in [1.82, 2.24) is 25.1 Å². The first kappa shape index (κ1) is 17.5. The number of hydrogen-bond acceptors (Lipinski definition) is 8. The summed E-state index contributed by atoms with van der Waals surface area (Å²) in [7, 11) is 0. The number of pyridine rings is 1. The number of hydrogen-bond donors (Lipinski definition) is 1. The Balaban J connectivity index is 1.71. The van der Waals surface area contributed by atoms with Crippen molar-refractivity contribution in [3.63, 3.8) is 0 Å². The van der Waals surface area contributed by atoms with Crippen molar-refractivity contribution >= 4 is 27.4 Å². The Morgan fingerprint density at radius 1 is 1.07 bits per heavy atom. The van der Waals surface area contributed by atoms with Crippen LogP contribution in [0.5, 0.6) is 0 Å². The molecule has 0 aliphatic rings. The van der Waals surface area contributed by atoms with Gasteiger partial charge in [-0.25, -0.2) is 9.97 Å². The zero-order chi connectivity index (χ0) is 19.0. The lowest BCUT2D eigenvalue weighted by Crippen LogP contribution is -2.18. The molecule has 1 N–H and O–H groups in total. The van der Waals surface area contributed by atoms with Gasteiger partial charge in [-0.3, -0.25) is 4.98 Å². The molecule has 0 fully saturated rings. The van der Waals surface area contributed by atoms with E-state index in [-0.39, 0.29) is 12.0 Å². The summed E-state index contributed by atoms with van der Waals surface area (Å²) in [4.78, 5) is 18.8. The first-order valence-corrected chi connectivity index (χ1v) is 9.64. The number of nitrogens with zero attached hydrogens (tertiary/aromatic N) is 5. The minimum atomic E-state index is -0.162. The van der Waals surface area contributed by atoms with Crippen LogP contribution in [-0.4, -0.2) is 25.1 Å². The number of aryl methyl sites for hydroxylation is 2. The van der Waals surface area contributed by atoms with E-state index in [2.05, 4.69) is 56.6 Å². The van der Waals surface area contributed by atoms with Crippen molar-refractivity contribution in [2.45, 2.75) is 33.7 Å². The Morgan fingerprint density at radius 3 is 2.59 bits per heavy atom. The van der Waals surface area contributed by atoms with Crippen molar-refractivity contribution in [3.05, 3.63) is 47.2 Å². The summed E-state index contributed by atoms with van der Waals surface area (Å²) in [5.41, 5.74) is 2.03. The molecule has 0 aliphatic heterocycles. The lowest BCUT2D eigenvalue weighted by atomic mass is 10.0. The Kier molecular flexibility index (Phi) is 4.57. The van der Waals surface area contributed by atoms with Crippen LogP contribution in [0.25, 0.3) is 21.6 Å². The normalized spacial score (nSPS) is 12.6. The highest BCUT2D eigenvalue weighted by Gasteiger charge is 2.25. The topological polar surface area (TPSA) is 89.6 Å². The SMILES string of the molecule is Cc1nc(NC(c2nc(-c3ccncc3)no2)C(C)C)c2c(C)csc2n1. The molecule has 4 heterocycles. The predicted octanol–water partition coefficient (Wildman–Crippen LogP) is 4.56. The molecule has 4 aromatic rings. The summed E-state index contributed by atoms with van der Waals surface area (Å²) >= 11 is 1.63. The molecule has 27 heavy (non-hydrogen) atoms. The molecule has 4 rings (SSSR count). The van der Waals surface area contributed by atoms with Crippen LogP contribution in [0, 0.1) is 19.8 Å². The van der Waals surface area contributed by atoms with E-state index in [1.807, 2.05) is 19.1 Å². The summed E-state index contributed by atoms with van der Waals surface area (Å²) in [6.07, 6.45) is 3.42. The Bertz CT molecular complexity index is 1070. The summed E-state index contributed by atoms with van der Waals surface area (Å²) in [5, 5.41) is 10.8. The minimum Gasteiger partial charge on any atom is -0.358 e. The maximum Gasteiger partial charge on any atom is 0.249 e. The summed E-state index contributed by atoms with van der Waals surface area (Å²) in [5.74, 6) is 2.85. The van der Waals surface area contributed by atoms with Crippen LogP contribution in [0.1, 0.15) is 37.2 Å². The molecule has 0 amide bonds. The molecule has 7 nitrogen and oxygen atoms in total. The van der Waals surface area contributed by atoms with E-state index in [1.165, 1.54) is 0 Å². The highest BCUT2D eigenvalue weighted by molar-refractivity contribution is 7.17. The molecule has 0 spiro atoms. The van der Waals surface area contributed by atoms with Gasteiger partial charge in [-0.1, -0.05) is 19.0 Å². The molecule has 0 aliphatic carbocycles. The van der Waals surface area contributed by atoms with E-state index in [9.17, 15) is 0 Å². The molecule has 4 aromatic heterocycles. The standard InChI is InChI=1S/C19H20N6OS/c1-10(2)15(18-24-16(25-26-18)13-5-7-20-8-6-13)23-17-14-11(3)9-27-19(14)22-12(4)21-17/h5-10,15H,1-4H3,(H,21,22,23). The molecule has 138 valence electrons. The van der Waals surface area contributed by atoms with Crippen LogP contribution in [0.15, 0.2) is 34.4 Å². The van der Waals surface area contributed by atoms with Gasteiger partial charge in [0.1, 0.15) is 22.5 Å². The maximum absolute atomic E-state index is 5.58. The van der Waals surface area contributed by atoms with Gasteiger partial charge in [-0.15, -0.1) is 11.3 Å². The molecule has 8 heteroatoms. The van der Waals surface area contributed by atoms with E-state index >= 15 is 0 Å². The lowest BCUT2D eigenvalue weighted by Gasteiger charge is -2.20. The van der Waals surface area contributed by atoms with Gasteiger partial charge in [0.25, 0.3) is 0 Å². The van der Waals surface area contributed by atoms with Crippen LogP contribution in [0.3, 0.4) is 0 Å². The Labute approximate surface area is 160 Å². The average Bonchev–Trinajstić information content (AvgIpc) is 3.27. The fourth-order valence-electron chi connectivity index (χ4n) is 2.94. The van der Waals surface area contributed by atoms with Crippen LogP contribution in [0.2, 0.25) is 0 Å². The summed E-state index contributed by atoms with van der Waals surface area (Å²) in [6, 6.07) is 3.56. The molecular weight excluding hydrogens is 360 g/mol. The molecule has 0 bridgehead atoms. The predicted molar refractivity (Wildman–Crippen MR) is 106 cm³/mol. The van der Waals surface area contributed by atoms with Gasteiger partial charge in [0.15, 0.2) is 0 Å². The Morgan fingerprint density at radius 2 is 1.85 bits per heavy atom. The highest BCUT2D eigenvalue weighted by atomic mass is 32.1. The van der Waals surface area contributed by atoms with E-state index in [0.29, 0.717) is 11.7 Å². The summed E-state index contributed by atoms with van der Waals surface area (Å²) < 4.78 is 5.58. The first-order chi connectivity index (χ1) is 13.0. The third-order valence-corrected chi connectivity index (χ3v) is 5.32. The third-order valence-electron chi connectivity index (χ3n) is 4.33. The zero-order valence-electron chi connectivity index (χ0n) is 15.6. The van der Waals surface area contributed by atoms with Gasteiger partial charge in [-0.05, 0) is 42.8 Å². The minimum absolute atomic E-state index is 0.162. The molecular formula is C19H20N6OS. The Hall–Kier alpha value is -2.87. The van der Waals surface area contributed by atoms with Crippen molar-refractivity contribution < 1.29 is 4.52 Å². The largest absolute Gasteiger partial charge is 0.358 e. The van der Waals surface area contributed by atoms with Crippen LogP contribution in [0.4, 0.5) is 5.82 Å². The molecule has 0 aromatic carbocycles. The second-order valence-electron chi connectivity index (χ2n) is 6.78.